The molecule has 0 saturated heterocycles. The van der Waals surface area contributed by atoms with Crippen LogP contribution in [0.25, 0.3) is 78.3 Å². The maximum atomic E-state index is 6.99. The highest BCUT2D eigenvalue weighted by Gasteiger charge is 2.27. The Kier molecular flexibility index (Phi) is 12.0. The lowest BCUT2D eigenvalue weighted by molar-refractivity contribution is 0.0992. The molecule has 5 nitrogen and oxygen atoms in total. The van der Waals surface area contributed by atoms with Gasteiger partial charge in [-0.2, -0.15) is 0 Å². The molecule has 0 unspecified atom stereocenters. The molecular formula is C63H51N3O2. The van der Waals surface area contributed by atoms with Crippen LogP contribution in [0.2, 0.25) is 0 Å². The number of pyridine rings is 3. The molecule has 0 amide bonds. The molecule has 10 aromatic rings. The van der Waals surface area contributed by atoms with Crippen molar-refractivity contribution in [2.24, 2.45) is 0 Å². The Morgan fingerprint density at radius 3 is 1.19 bits per heavy atom. The summed E-state index contributed by atoms with van der Waals surface area (Å²) in [6.07, 6.45) is 5.53. The van der Waals surface area contributed by atoms with E-state index in [0.717, 1.165) is 78.3 Å². The Labute approximate surface area is 399 Å². The van der Waals surface area contributed by atoms with E-state index in [0.29, 0.717) is 11.5 Å². The molecule has 3 heterocycles. The molecule has 68 heavy (non-hydrogen) atoms. The fourth-order valence-corrected chi connectivity index (χ4v) is 8.76. The summed E-state index contributed by atoms with van der Waals surface area (Å²) in [5.74, 6) is 1.40. The summed E-state index contributed by atoms with van der Waals surface area (Å²) in [7, 11) is 0. The second kappa shape index (κ2) is 18.8. The van der Waals surface area contributed by atoms with Gasteiger partial charge in [-0.25, -0.2) is 0 Å². The molecule has 0 N–H and O–H groups in total. The Hall–Kier alpha value is -8.41. The van der Waals surface area contributed by atoms with Gasteiger partial charge < -0.3 is 9.47 Å². The van der Waals surface area contributed by atoms with Crippen molar-refractivity contribution in [1.29, 1.82) is 0 Å². The maximum Gasteiger partial charge on any atom is 0.128 e. The Morgan fingerprint density at radius 2 is 0.676 bits per heavy atom. The lowest BCUT2D eigenvalue weighted by Crippen LogP contribution is -2.26. The number of aromatic nitrogens is 3. The van der Waals surface area contributed by atoms with Crippen LogP contribution in [-0.4, -0.2) is 15.0 Å². The van der Waals surface area contributed by atoms with Crippen LogP contribution in [0.4, 0.5) is 0 Å². The zero-order chi connectivity index (χ0) is 46.5. The molecule has 0 saturated carbocycles. The second-order valence-corrected chi connectivity index (χ2v) is 18.0. The number of benzene rings is 7. The molecule has 0 atom stereocenters. The van der Waals surface area contributed by atoms with Gasteiger partial charge in [-0.1, -0.05) is 164 Å². The molecule has 0 bridgehead atoms. The van der Waals surface area contributed by atoms with Gasteiger partial charge in [0, 0.05) is 41.3 Å². The predicted octanol–water partition coefficient (Wildman–Crippen LogP) is 16.2. The van der Waals surface area contributed by atoms with E-state index in [1.54, 1.807) is 0 Å². The summed E-state index contributed by atoms with van der Waals surface area (Å²) in [4.78, 5) is 13.9. The van der Waals surface area contributed by atoms with E-state index in [4.69, 9.17) is 14.5 Å². The topological polar surface area (TPSA) is 57.1 Å². The third-order valence-electron chi connectivity index (χ3n) is 12.5. The van der Waals surface area contributed by atoms with Gasteiger partial charge in [-0.3, -0.25) is 15.0 Å². The number of hydrogen-bond acceptors (Lipinski definition) is 5. The fourth-order valence-electron chi connectivity index (χ4n) is 8.76. The first-order chi connectivity index (χ1) is 33.1. The zero-order valence-corrected chi connectivity index (χ0v) is 38.7. The van der Waals surface area contributed by atoms with Gasteiger partial charge in [-0.15, -0.1) is 0 Å². The molecule has 0 aliphatic rings. The van der Waals surface area contributed by atoms with E-state index >= 15 is 0 Å². The van der Waals surface area contributed by atoms with Gasteiger partial charge in [0.2, 0.25) is 0 Å². The van der Waals surface area contributed by atoms with Gasteiger partial charge in [0.25, 0.3) is 0 Å². The van der Waals surface area contributed by atoms with Crippen LogP contribution < -0.4 is 9.47 Å². The minimum atomic E-state index is -0.679. The number of nitrogens with zero attached hydrogens (tertiary/aromatic N) is 3. The monoisotopic (exact) mass is 881 g/mol. The fraction of sp³-hybridized carbons (Fsp3) is 0.0952. The van der Waals surface area contributed by atoms with Crippen LogP contribution in [0, 0.1) is 0 Å². The van der Waals surface area contributed by atoms with E-state index in [1.807, 2.05) is 67.1 Å². The average Bonchev–Trinajstić information content (AvgIpc) is 3.39. The van der Waals surface area contributed by atoms with Crippen molar-refractivity contribution < 1.29 is 9.47 Å². The largest absolute Gasteiger partial charge is 0.483 e. The highest BCUT2D eigenvalue weighted by atomic mass is 16.5. The molecule has 0 aliphatic heterocycles. The summed E-state index contributed by atoms with van der Waals surface area (Å²) in [6.45, 7) is 8.41. The maximum absolute atomic E-state index is 6.99. The molecule has 0 fully saturated rings. The Morgan fingerprint density at radius 1 is 0.279 bits per heavy atom. The summed E-state index contributed by atoms with van der Waals surface area (Å²) < 4.78 is 14.0. The minimum absolute atomic E-state index is 0.679. The average molecular weight is 882 g/mol. The molecule has 0 spiro atoms. The van der Waals surface area contributed by atoms with Crippen LogP contribution in [0.15, 0.2) is 237 Å². The lowest BCUT2D eigenvalue weighted by atomic mass is 9.92. The molecule has 3 aromatic heterocycles. The third kappa shape index (κ3) is 9.60. The van der Waals surface area contributed by atoms with E-state index < -0.39 is 11.2 Å². The van der Waals surface area contributed by atoms with Gasteiger partial charge in [0.1, 0.15) is 22.7 Å². The van der Waals surface area contributed by atoms with Gasteiger partial charge >= 0.3 is 0 Å². The normalized spacial score (nSPS) is 11.5. The van der Waals surface area contributed by atoms with E-state index in [2.05, 4.69) is 208 Å². The summed E-state index contributed by atoms with van der Waals surface area (Å²) in [5.41, 5.74) is 15.6. The number of hydrogen-bond donors (Lipinski definition) is 0. The van der Waals surface area contributed by atoms with E-state index in [-0.39, 0.29) is 0 Å². The second-order valence-electron chi connectivity index (χ2n) is 18.0. The molecule has 10 rings (SSSR count). The van der Waals surface area contributed by atoms with Crippen molar-refractivity contribution in [2.45, 2.75) is 38.9 Å². The van der Waals surface area contributed by atoms with Crippen molar-refractivity contribution in [3.63, 3.8) is 0 Å². The van der Waals surface area contributed by atoms with Crippen molar-refractivity contribution in [1.82, 2.24) is 15.0 Å². The van der Waals surface area contributed by atoms with Gasteiger partial charge in [0.15, 0.2) is 0 Å². The minimum Gasteiger partial charge on any atom is -0.483 e. The first-order valence-electron chi connectivity index (χ1n) is 23.0. The van der Waals surface area contributed by atoms with Crippen LogP contribution in [0.1, 0.15) is 38.8 Å². The number of ether oxygens (including phenoxy) is 2. The molecule has 5 heteroatoms. The van der Waals surface area contributed by atoms with Gasteiger partial charge in [0.05, 0.1) is 17.1 Å². The SMILES string of the molecule is CC(C)(Oc1cc(OC(C)(C)c2ccc(-c3ccccn3)cc2)cc(-c2ccccc2-c2ccc(-c3cc(-c4ccc(-c5ccccc5)cc4)ccn3)cc2)c1)c1ccc(-c2ccccn2)cc1. The zero-order valence-electron chi connectivity index (χ0n) is 38.7. The smallest absolute Gasteiger partial charge is 0.128 e. The van der Waals surface area contributed by atoms with E-state index in [1.165, 1.54) is 11.1 Å². The van der Waals surface area contributed by atoms with Crippen LogP contribution >= 0.6 is 0 Å². The first kappa shape index (κ1) is 43.5. The predicted molar refractivity (Wildman–Crippen MR) is 278 cm³/mol. The quantitative estimate of drug-likeness (QED) is 0.115. The highest BCUT2D eigenvalue weighted by Crippen LogP contribution is 2.41. The first-order valence-corrected chi connectivity index (χ1v) is 23.0. The molecular weight excluding hydrogens is 831 g/mol. The van der Waals surface area contributed by atoms with Crippen LogP contribution in [0.3, 0.4) is 0 Å². The van der Waals surface area contributed by atoms with E-state index in [9.17, 15) is 0 Å². The van der Waals surface area contributed by atoms with Crippen molar-refractivity contribution in [2.75, 3.05) is 0 Å². The number of rotatable bonds is 13. The highest BCUT2D eigenvalue weighted by molar-refractivity contribution is 5.85. The van der Waals surface area contributed by atoms with Crippen molar-refractivity contribution in [3.05, 3.63) is 248 Å². The summed E-state index contributed by atoms with van der Waals surface area (Å²) in [5, 5.41) is 0. The molecule has 0 radical (unpaired) electrons. The van der Waals surface area contributed by atoms with Crippen molar-refractivity contribution >= 4 is 0 Å². The summed E-state index contributed by atoms with van der Waals surface area (Å²) in [6, 6.07) is 75.7. The summed E-state index contributed by atoms with van der Waals surface area (Å²) >= 11 is 0. The molecule has 330 valence electrons. The van der Waals surface area contributed by atoms with Gasteiger partial charge in [-0.05, 0) is 132 Å². The Balaban J connectivity index is 0.961. The lowest BCUT2D eigenvalue weighted by Gasteiger charge is -2.30. The molecule has 0 aliphatic carbocycles. The van der Waals surface area contributed by atoms with Crippen LogP contribution in [0.5, 0.6) is 11.5 Å². The van der Waals surface area contributed by atoms with Crippen LogP contribution in [-0.2, 0) is 11.2 Å². The standard InChI is InChI=1S/C63H51N3O2/c1-62(2,53-32-28-48(29-33-53)59-18-10-12-37-64-59)67-55-40-52(41-56(43-55)68-63(3,4)54-34-30-49(31-35-54)60-19-11-13-38-65-60)58-17-9-8-16-57(58)47-24-26-50(27-25-47)61-42-51(36-39-66-61)46-22-20-45(21-23-46)44-14-6-5-7-15-44/h5-43H,1-4H3. The Bertz CT molecular complexity index is 3160. The molecule has 7 aromatic carbocycles. The third-order valence-corrected chi connectivity index (χ3v) is 12.5. The van der Waals surface area contributed by atoms with Crippen molar-refractivity contribution in [3.8, 4) is 89.8 Å².